The van der Waals surface area contributed by atoms with Gasteiger partial charge in [0.1, 0.15) is 4.99 Å². The molecule has 0 aliphatic rings. The van der Waals surface area contributed by atoms with Crippen molar-refractivity contribution < 1.29 is 0 Å². The van der Waals surface area contributed by atoms with E-state index in [1.807, 2.05) is 6.07 Å². The van der Waals surface area contributed by atoms with E-state index in [2.05, 4.69) is 47.8 Å². The Balaban J connectivity index is 3.53. The lowest BCUT2D eigenvalue weighted by Gasteiger charge is -2.09. The predicted octanol–water partition coefficient (Wildman–Crippen LogP) is 3.19. The van der Waals surface area contributed by atoms with Gasteiger partial charge in [0.15, 0.2) is 0 Å². The Morgan fingerprint density at radius 2 is 1.77 bits per heavy atom. The second-order valence-electron chi connectivity index (χ2n) is 2.31. The summed E-state index contributed by atoms with van der Waals surface area (Å²) in [6.45, 7) is 0. The van der Waals surface area contributed by atoms with Crippen LogP contribution >= 0.6 is 60.0 Å². The summed E-state index contributed by atoms with van der Waals surface area (Å²) in [5.41, 5.74) is 12.5. The fraction of sp³-hybridized carbons (Fsp3) is 0. The van der Waals surface area contributed by atoms with Gasteiger partial charge in [0.05, 0.1) is 10.2 Å². The zero-order valence-corrected chi connectivity index (χ0v) is 11.8. The van der Waals surface area contributed by atoms with Crippen LogP contribution in [0.15, 0.2) is 19.5 Å². The van der Waals surface area contributed by atoms with E-state index in [0.29, 0.717) is 11.3 Å². The van der Waals surface area contributed by atoms with Gasteiger partial charge in [0.2, 0.25) is 0 Å². The van der Waals surface area contributed by atoms with Gasteiger partial charge in [-0.1, -0.05) is 12.2 Å². The quantitative estimate of drug-likeness (QED) is 0.441. The van der Waals surface area contributed by atoms with Gasteiger partial charge in [-0.3, -0.25) is 0 Å². The van der Waals surface area contributed by atoms with Crippen molar-refractivity contribution in [3.05, 3.63) is 25.0 Å². The number of nitrogen functional groups attached to an aromatic ring is 1. The summed E-state index contributed by atoms with van der Waals surface area (Å²) in [7, 11) is 0. The number of rotatable bonds is 1. The van der Waals surface area contributed by atoms with E-state index < -0.39 is 0 Å². The third-order valence-corrected chi connectivity index (χ3v) is 4.30. The van der Waals surface area contributed by atoms with Crippen LogP contribution in [0.5, 0.6) is 0 Å². The zero-order chi connectivity index (χ0) is 10.2. The molecule has 0 heterocycles. The van der Waals surface area contributed by atoms with Gasteiger partial charge < -0.3 is 11.5 Å². The lowest BCUT2D eigenvalue weighted by molar-refractivity contribution is 1.50. The molecule has 1 aromatic carbocycles. The first kappa shape index (κ1) is 11.4. The van der Waals surface area contributed by atoms with Gasteiger partial charge in [-0.05, 0) is 53.9 Å². The van der Waals surface area contributed by atoms with Crippen molar-refractivity contribution in [2.24, 2.45) is 5.73 Å². The largest absolute Gasteiger partial charge is 0.397 e. The standard InChI is InChI=1S/C7H5Br3N2S/c8-2-1-3(9)5(10)6(11)4(2)7(12)13/h1H,11H2,(H2,12,13). The van der Waals surface area contributed by atoms with Crippen molar-refractivity contribution in [1.82, 2.24) is 0 Å². The topological polar surface area (TPSA) is 52.0 Å². The first-order chi connectivity index (χ1) is 5.95. The van der Waals surface area contributed by atoms with Crippen molar-refractivity contribution in [3.8, 4) is 0 Å². The smallest absolute Gasteiger partial charge is 0.107 e. The Bertz CT molecular complexity index is 378. The average molecular weight is 389 g/mol. The number of thiocarbonyl (C=S) groups is 1. The van der Waals surface area contributed by atoms with Crippen molar-refractivity contribution in [1.29, 1.82) is 0 Å². The van der Waals surface area contributed by atoms with Gasteiger partial charge in [0.25, 0.3) is 0 Å². The fourth-order valence-corrected chi connectivity index (χ4v) is 2.93. The van der Waals surface area contributed by atoms with Gasteiger partial charge in [-0.25, -0.2) is 0 Å². The summed E-state index contributed by atoms with van der Waals surface area (Å²) in [6.07, 6.45) is 0. The Morgan fingerprint density at radius 1 is 1.23 bits per heavy atom. The number of anilines is 1. The Labute approximate surface area is 106 Å². The average Bonchev–Trinajstić information content (AvgIpc) is 1.99. The molecule has 1 aromatic rings. The lowest BCUT2D eigenvalue weighted by Crippen LogP contribution is -2.13. The number of benzene rings is 1. The normalized spacial score (nSPS) is 10.1. The molecule has 0 saturated carbocycles. The van der Waals surface area contributed by atoms with E-state index in [-0.39, 0.29) is 4.99 Å². The minimum Gasteiger partial charge on any atom is -0.397 e. The fourth-order valence-electron chi connectivity index (χ4n) is 0.864. The molecule has 1 rings (SSSR count). The molecule has 0 aromatic heterocycles. The van der Waals surface area contributed by atoms with E-state index in [1.54, 1.807) is 0 Å². The third-order valence-electron chi connectivity index (χ3n) is 1.45. The van der Waals surface area contributed by atoms with Crippen LogP contribution in [-0.2, 0) is 0 Å². The number of nitrogens with two attached hydrogens (primary N) is 2. The monoisotopic (exact) mass is 386 g/mol. The molecule has 0 radical (unpaired) electrons. The highest BCUT2D eigenvalue weighted by Gasteiger charge is 2.13. The van der Waals surface area contributed by atoms with Crippen molar-refractivity contribution >= 4 is 70.7 Å². The maximum absolute atomic E-state index is 5.81. The first-order valence-corrected chi connectivity index (χ1v) is 5.96. The van der Waals surface area contributed by atoms with E-state index in [0.717, 1.165) is 13.4 Å². The van der Waals surface area contributed by atoms with Crippen LogP contribution in [0.1, 0.15) is 5.56 Å². The van der Waals surface area contributed by atoms with Crippen LogP contribution in [0, 0.1) is 0 Å². The lowest BCUT2D eigenvalue weighted by atomic mass is 10.2. The first-order valence-electron chi connectivity index (χ1n) is 3.18. The summed E-state index contributed by atoms with van der Waals surface area (Å²) in [5.74, 6) is 0. The maximum atomic E-state index is 5.81. The molecule has 2 nitrogen and oxygen atoms in total. The van der Waals surface area contributed by atoms with Crippen LogP contribution in [-0.4, -0.2) is 4.99 Å². The SMILES string of the molecule is NC(=S)c1c(Br)cc(Br)c(Br)c1N. The summed E-state index contributed by atoms with van der Waals surface area (Å²) in [5, 5.41) is 0. The Morgan fingerprint density at radius 3 is 2.23 bits per heavy atom. The number of hydrogen-bond acceptors (Lipinski definition) is 2. The van der Waals surface area contributed by atoms with Crippen LogP contribution in [0.4, 0.5) is 5.69 Å². The minimum absolute atomic E-state index is 0.276. The van der Waals surface area contributed by atoms with E-state index >= 15 is 0 Å². The second-order valence-corrected chi connectivity index (χ2v) is 5.25. The second kappa shape index (κ2) is 4.25. The van der Waals surface area contributed by atoms with E-state index in [4.69, 9.17) is 23.7 Å². The van der Waals surface area contributed by atoms with Gasteiger partial charge >= 0.3 is 0 Å². The Kier molecular flexibility index (Phi) is 3.73. The highest BCUT2D eigenvalue weighted by molar-refractivity contribution is 9.13. The maximum Gasteiger partial charge on any atom is 0.107 e. The molecule has 0 atom stereocenters. The summed E-state index contributed by atoms with van der Waals surface area (Å²) in [4.78, 5) is 0.276. The molecule has 0 aliphatic heterocycles. The predicted molar refractivity (Wildman–Crippen MR) is 69.8 cm³/mol. The molecular formula is C7H5Br3N2S. The molecule has 0 aliphatic carbocycles. The molecule has 0 unspecified atom stereocenters. The summed E-state index contributed by atoms with van der Waals surface area (Å²) < 4.78 is 2.41. The van der Waals surface area contributed by atoms with Gasteiger partial charge in [-0.2, -0.15) is 0 Å². The van der Waals surface area contributed by atoms with Gasteiger partial charge in [-0.15, -0.1) is 0 Å². The molecule has 4 N–H and O–H groups in total. The summed E-state index contributed by atoms with van der Waals surface area (Å²) >= 11 is 14.9. The highest BCUT2D eigenvalue weighted by atomic mass is 79.9. The molecule has 0 spiro atoms. The molecule has 0 bridgehead atoms. The van der Waals surface area contributed by atoms with Crippen LogP contribution in [0.3, 0.4) is 0 Å². The van der Waals surface area contributed by atoms with Gasteiger partial charge in [0, 0.05) is 14.5 Å². The molecule has 70 valence electrons. The molecule has 0 saturated heterocycles. The zero-order valence-electron chi connectivity index (χ0n) is 6.27. The third kappa shape index (κ3) is 2.23. The number of halogens is 3. The molecule has 6 heteroatoms. The van der Waals surface area contributed by atoms with Crippen molar-refractivity contribution in [3.63, 3.8) is 0 Å². The van der Waals surface area contributed by atoms with Crippen LogP contribution < -0.4 is 11.5 Å². The minimum atomic E-state index is 0.276. The molecule has 0 amide bonds. The van der Waals surface area contributed by atoms with E-state index in [9.17, 15) is 0 Å². The summed E-state index contributed by atoms with van der Waals surface area (Å²) in [6, 6.07) is 1.84. The molecule has 0 fully saturated rings. The van der Waals surface area contributed by atoms with Crippen LogP contribution in [0.25, 0.3) is 0 Å². The molecule has 13 heavy (non-hydrogen) atoms. The Hall–Kier alpha value is 0.350. The highest BCUT2D eigenvalue weighted by Crippen LogP contribution is 2.36. The molecular weight excluding hydrogens is 384 g/mol. The number of hydrogen-bond donors (Lipinski definition) is 2. The van der Waals surface area contributed by atoms with Crippen molar-refractivity contribution in [2.75, 3.05) is 5.73 Å². The van der Waals surface area contributed by atoms with Crippen molar-refractivity contribution in [2.45, 2.75) is 0 Å². The van der Waals surface area contributed by atoms with E-state index in [1.165, 1.54) is 0 Å². The van der Waals surface area contributed by atoms with Crippen LogP contribution in [0.2, 0.25) is 0 Å².